The monoisotopic (exact) mass is 296 g/mol. The molecule has 0 saturated carbocycles. The molecule has 0 bridgehead atoms. The Bertz CT molecular complexity index is 493. The largest absolute Gasteiger partial charge is 0.444 e. The van der Waals surface area contributed by atoms with Crippen molar-refractivity contribution >= 4 is 12.0 Å². The summed E-state index contributed by atoms with van der Waals surface area (Å²) >= 11 is 0. The second kappa shape index (κ2) is 5.91. The zero-order chi connectivity index (χ0) is 15.6. The molecule has 2 rings (SSSR count). The molecular formula is C14H24N4O3. The van der Waals surface area contributed by atoms with Crippen LogP contribution >= 0.6 is 0 Å². The minimum absolute atomic E-state index is 0.0764. The standard InChI is InChI=1S/C14H24N4O3/c1-14(2,3)20-13(19)18-8-6-7-10(9-18)11-15-12(16-21-11)17(4)5/h10H,6-9H2,1-5H3/t10-/m0/s1. The summed E-state index contributed by atoms with van der Waals surface area (Å²) in [6, 6.07) is 0. The summed E-state index contributed by atoms with van der Waals surface area (Å²) in [6.45, 7) is 6.87. The van der Waals surface area contributed by atoms with Crippen molar-refractivity contribution in [1.82, 2.24) is 15.0 Å². The van der Waals surface area contributed by atoms with E-state index in [-0.39, 0.29) is 12.0 Å². The first-order chi connectivity index (χ1) is 9.76. The van der Waals surface area contributed by atoms with Crippen LogP contribution in [0.1, 0.15) is 45.4 Å². The van der Waals surface area contributed by atoms with Gasteiger partial charge in [-0.1, -0.05) is 0 Å². The molecule has 1 aromatic rings. The Morgan fingerprint density at radius 3 is 2.71 bits per heavy atom. The SMILES string of the molecule is CN(C)c1noc([C@H]2CCCN(C(=O)OC(C)(C)C)C2)n1. The fourth-order valence-electron chi connectivity index (χ4n) is 2.25. The lowest BCUT2D eigenvalue weighted by molar-refractivity contribution is 0.0189. The van der Waals surface area contributed by atoms with Crippen molar-refractivity contribution in [2.45, 2.75) is 45.1 Å². The maximum atomic E-state index is 12.1. The lowest BCUT2D eigenvalue weighted by Crippen LogP contribution is -2.42. The van der Waals surface area contributed by atoms with Gasteiger partial charge in [-0.2, -0.15) is 4.98 Å². The molecule has 7 heteroatoms. The van der Waals surface area contributed by atoms with Crippen molar-refractivity contribution in [2.75, 3.05) is 32.1 Å². The molecular weight excluding hydrogens is 272 g/mol. The fraction of sp³-hybridized carbons (Fsp3) is 0.786. The van der Waals surface area contributed by atoms with Crippen LogP contribution in [0.5, 0.6) is 0 Å². The highest BCUT2D eigenvalue weighted by atomic mass is 16.6. The van der Waals surface area contributed by atoms with Gasteiger partial charge in [0.2, 0.25) is 5.89 Å². The number of amides is 1. The molecule has 1 aromatic heterocycles. The van der Waals surface area contributed by atoms with Crippen LogP contribution in [0, 0.1) is 0 Å². The zero-order valence-corrected chi connectivity index (χ0v) is 13.4. The molecule has 1 saturated heterocycles. The molecule has 1 aliphatic rings. The smallest absolute Gasteiger partial charge is 0.410 e. The fourth-order valence-corrected chi connectivity index (χ4v) is 2.25. The summed E-state index contributed by atoms with van der Waals surface area (Å²) in [7, 11) is 3.73. The molecule has 118 valence electrons. The van der Waals surface area contributed by atoms with Gasteiger partial charge in [-0.15, -0.1) is 0 Å². The third kappa shape index (κ3) is 4.09. The summed E-state index contributed by atoms with van der Waals surface area (Å²) in [5.41, 5.74) is -0.480. The third-order valence-electron chi connectivity index (χ3n) is 3.25. The number of aromatic nitrogens is 2. The molecule has 1 fully saturated rings. The Labute approximate surface area is 125 Å². The van der Waals surface area contributed by atoms with Crippen LogP contribution < -0.4 is 4.90 Å². The van der Waals surface area contributed by atoms with Gasteiger partial charge in [0.15, 0.2) is 0 Å². The summed E-state index contributed by atoms with van der Waals surface area (Å²) in [4.78, 5) is 20.0. The molecule has 0 aromatic carbocycles. The Morgan fingerprint density at radius 2 is 2.14 bits per heavy atom. The first kappa shape index (κ1) is 15.6. The number of likely N-dealkylation sites (tertiary alicyclic amines) is 1. The van der Waals surface area contributed by atoms with Crippen molar-refractivity contribution in [3.05, 3.63) is 5.89 Å². The average molecular weight is 296 g/mol. The molecule has 0 aliphatic carbocycles. The van der Waals surface area contributed by atoms with Crippen LogP contribution in [0.3, 0.4) is 0 Å². The molecule has 2 heterocycles. The van der Waals surface area contributed by atoms with E-state index in [0.717, 1.165) is 12.8 Å². The lowest BCUT2D eigenvalue weighted by atomic mass is 9.98. The van der Waals surface area contributed by atoms with E-state index >= 15 is 0 Å². The minimum atomic E-state index is -0.480. The molecule has 1 aliphatic heterocycles. The molecule has 0 radical (unpaired) electrons. The predicted molar refractivity (Wildman–Crippen MR) is 78.4 cm³/mol. The first-order valence-corrected chi connectivity index (χ1v) is 7.25. The van der Waals surface area contributed by atoms with Gasteiger partial charge in [-0.3, -0.25) is 0 Å². The second-order valence-corrected chi connectivity index (χ2v) is 6.59. The van der Waals surface area contributed by atoms with Crippen molar-refractivity contribution in [3.63, 3.8) is 0 Å². The Kier molecular flexibility index (Phi) is 4.39. The van der Waals surface area contributed by atoms with E-state index in [1.54, 1.807) is 9.80 Å². The number of rotatable bonds is 2. The highest BCUT2D eigenvalue weighted by Crippen LogP contribution is 2.27. The van der Waals surface area contributed by atoms with Crippen LogP contribution in [0.4, 0.5) is 10.7 Å². The third-order valence-corrected chi connectivity index (χ3v) is 3.25. The normalized spacial score (nSPS) is 19.5. The maximum absolute atomic E-state index is 12.1. The van der Waals surface area contributed by atoms with Gasteiger partial charge in [-0.05, 0) is 38.8 Å². The maximum Gasteiger partial charge on any atom is 0.410 e. The van der Waals surface area contributed by atoms with E-state index in [0.29, 0.717) is 24.9 Å². The van der Waals surface area contributed by atoms with Crippen molar-refractivity contribution < 1.29 is 14.1 Å². The van der Waals surface area contributed by atoms with E-state index < -0.39 is 5.60 Å². The van der Waals surface area contributed by atoms with Crippen LogP contribution in [-0.4, -0.2) is 53.9 Å². The number of nitrogens with zero attached hydrogens (tertiary/aromatic N) is 4. The number of hydrogen-bond acceptors (Lipinski definition) is 6. The number of anilines is 1. The van der Waals surface area contributed by atoms with Crippen molar-refractivity contribution in [3.8, 4) is 0 Å². The van der Waals surface area contributed by atoms with Gasteiger partial charge in [-0.25, -0.2) is 4.79 Å². The quantitative estimate of drug-likeness (QED) is 0.833. The van der Waals surface area contributed by atoms with Crippen molar-refractivity contribution in [1.29, 1.82) is 0 Å². The first-order valence-electron chi connectivity index (χ1n) is 7.25. The van der Waals surface area contributed by atoms with Gasteiger partial charge in [0, 0.05) is 27.2 Å². The number of carbonyl (C=O) groups is 1. The molecule has 7 nitrogen and oxygen atoms in total. The van der Waals surface area contributed by atoms with Crippen LogP contribution in [0.2, 0.25) is 0 Å². The summed E-state index contributed by atoms with van der Waals surface area (Å²) in [5, 5.41) is 3.93. The summed E-state index contributed by atoms with van der Waals surface area (Å²) in [5.74, 6) is 1.22. The Hall–Kier alpha value is -1.79. The molecule has 0 N–H and O–H groups in total. The topological polar surface area (TPSA) is 71.7 Å². The Morgan fingerprint density at radius 1 is 1.43 bits per heavy atom. The van der Waals surface area contributed by atoms with Crippen LogP contribution in [-0.2, 0) is 4.74 Å². The van der Waals surface area contributed by atoms with Gasteiger partial charge in [0.05, 0.1) is 5.92 Å². The molecule has 1 amide bonds. The van der Waals surface area contributed by atoms with E-state index in [4.69, 9.17) is 9.26 Å². The number of piperidine rings is 1. The van der Waals surface area contributed by atoms with Gasteiger partial charge in [0.1, 0.15) is 5.60 Å². The van der Waals surface area contributed by atoms with Crippen LogP contribution in [0.25, 0.3) is 0 Å². The van der Waals surface area contributed by atoms with E-state index in [1.165, 1.54) is 0 Å². The second-order valence-electron chi connectivity index (χ2n) is 6.59. The highest BCUT2D eigenvalue weighted by Gasteiger charge is 2.31. The van der Waals surface area contributed by atoms with E-state index in [1.807, 2.05) is 34.9 Å². The number of ether oxygens (including phenoxy) is 1. The number of carbonyl (C=O) groups excluding carboxylic acids is 1. The lowest BCUT2D eigenvalue weighted by Gasteiger charge is -2.32. The van der Waals surface area contributed by atoms with Crippen LogP contribution in [0.15, 0.2) is 4.52 Å². The van der Waals surface area contributed by atoms with E-state index in [2.05, 4.69) is 10.1 Å². The van der Waals surface area contributed by atoms with Gasteiger partial charge < -0.3 is 19.1 Å². The molecule has 1 atom stereocenters. The summed E-state index contributed by atoms with van der Waals surface area (Å²) < 4.78 is 10.7. The highest BCUT2D eigenvalue weighted by molar-refractivity contribution is 5.68. The predicted octanol–water partition coefficient (Wildman–Crippen LogP) is 2.25. The molecule has 0 spiro atoms. The molecule has 0 unspecified atom stereocenters. The zero-order valence-electron chi connectivity index (χ0n) is 13.4. The van der Waals surface area contributed by atoms with Crippen molar-refractivity contribution in [2.24, 2.45) is 0 Å². The Balaban J connectivity index is 2.01. The summed E-state index contributed by atoms with van der Waals surface area (Å²) in [6.07, 6.45) is 1.57. The van der Waals surface area contributed by atoms with Gasteiger partial charge >= 0.3 is 6.09 Å². The van der Waals surface area contributed by atoms with E-state index in [9.17, 15) is 4.79 Å². The number of hydrogen-bond donors (Lipinski definition) is 0. The van der Waals surface area contributed by atoms with Gasteiger partial charge in [0.25, 0.3) is 5.95 Å². The molecule has 21 heavy (non-hydrogen) atoms. The average Bonchev–Trinajstić information content (AvgIpc) is 2.86. The minimum Gasteiger partial charge on any atom is -0.444 e.